The van der Waals surface area contributed by atoms with Gasteiger partial charge in [-0.05, 0) is 63.0 Å². The predicted octanol–water partition coefficient (Wildman–Crippen LogP) is 2.85. The summed E-state index contributed by atoms with van der Waals surface area (Å²) in [6.45, 7) is 5.52. The van der Waals surface area contributed by atoms with Crippen molar-refractivity contribution in [2.75, 3.05) is 39.8 Å². The maximum atomic E-state index is 4.45. The first-order valence-electron chi connectivity index (χ1n) is 10.6. The summed E-state index contributed by atoms with van der Waals surface area (Å²) in [5.74, 6) is 0.881. The average Bonchev–Trinajstić information content (AvgIpc) is 3.05. The van der Waals surface area contributed by atoms with Crippen LogP contribution in [0.4, 0.5) is 0 Å². The molecular weight excluding hydrogens is 348 g/mol. The fourth-order valence-electron chi connectivity index (χ4n) is 3.63. The summed E-state index contributed by atoms with van der Waals surface area (Å²) >= 11 is 0. The molecule has 0 radical (unpaired) electrons. The van der Waals surface area contributed by atoms with Gasteiger partial charge in [0, 0.05) is 26.3 Å². The summed E-state index contributed by atoms with van der Waals surface area (Å²) < 4.78 is 1.92. The first-order chi connectivity index (χ1) is 13.8. The van der Waals surface area contributed by atoms with Gasteiger partial charge in [-0.25, -0.2) is 4.68 Å². The summed E-state index contributed by atoms with van der Waals surface area (Å²) in [7, 11) is 1.83. The third-order valence-electron chi connectivity index (χ3n) is 5.23. The van der Waals surface area contributed by atoms with Crippen molar-refractivity contribution in [3.05, 3.63) is 48.3 Å². The zero-order chi connectivity index (χ0) is 19.4. The first-order valence-corrected chi connectivity index (χ1v) is 10.6. The van der Waals surface area contributed by atoms with Gasteiger partial charge in [0.1, 0.15) is 0 Å². The second-order valence-corrected chi connectivity index (χ2v) is 7.41. The third kappa shape index (κ3) is 6.68. The molecule has 1 aromatic carbocycles. The van der Waals surface area contributed by atoms with Crippen molar-refractivity contribution in [2.45, 2.75) is 38.5 Å². The van der Waals surface area contributed by atoms with Crippen LogP contribution in [-0.2, 0) is 6.42 Å². The van der Waals surface area contributed by atoms with E-state index >= 15 is 0 Å². The Hall–Kier alpha value is -2.34. The van der Waals surface area contributed by atoms with E-state index in [0.717, 1.165) is 37.6 Å². The number of para-hydroxylation sites is 1. The Labute approximate surface area is 169 Å². The average molecular weight is 383 g/mol. The van der Waals surface area contributed by atoms with Gasteiger partial charge in [-0.3, -0.25) is 4.99 Å². The van der Waals surface area contributed by atoms with Crippen molar-refractivity contribution >= 4 is 5.96 Å². The van der Waals surface area contributed by atoms with Gasteiger partial charge in [0.25, 0.3) is 0 Å². The Bertz CT molecular complexity index is 701. The largest absolute Gasteiger partial charge is 0.356 e. The third-order valence-corrected chi connectivity index (χ3v) is 5.23. The molecule has 1 aliphatic rings. The van der Waals surface area contributed by atoms with E-state index in [1.54, 1.807) is 0 Å². The minimum atomic E-state index is 0.840. The van der Waals surface area contributed by atoms with Crippen molar-refractivity contribution in [2.24, 2.45) is 4.99 Å². The molecule has 0 spiro atoms. The van der Waals surface area contributed by atoms with E-state index in [9.17, 15) is 0 Å². The topological polar surface area (TPSA) is 57.5 Å². The molecule has 1 saturated heterocycles. The molecule has 0 unspecified atom stereocenters. The van der Waals surface area contributed by atoms with Crippen LogP contribution in [0.25, 0.3) is 5.69 Å². The number of nitrogens with zero attached hydrogens (tertiary/aromatic N) is 4. The van der Waals surface area contributed by atoms with Crippen molar-refractivity contribution in [1.82, 2.24) is 25.3 Å². The van der Waals surface area contributed by atoms with Crippen LogP contribution in [0.1, 0.15) is 37.7 Å². The molecule has 152 valence electrons. The number of hydrogen-bond donors (Lipinski definition) is 2. The van der Waals surface area contributed by atoms with Gasteiger partial charge in [0.15, 0.2) is 5.96 Å². The van der Waals surface area contributed by atoms with Gasteiger partial charge in [-0.1, -0.05) is 31.0 Å². The predicted molar refractivity (Wildman–Crippen MR) is 116 cm³/mol. The van der Waals surface area contributed by atoms with E-state index in [0.29, 0.717) is 0 Å². The smallest absolute Gasteiger partial charge is 0.190 e. The molecule has 6 nitrogen and oxygen atoms in total. The molecule has 0 amide bonds. The zero-order valence-corrected chi connectivity index (χ0v) is 17.1. The molecule has 2 aromatic rings. The lowest BCUT2D eigenvalue weighted by atomic mass is 10.2. The molecule has 28 heavy (non-hydrogen) atoms. The molecular formula is C22H34N6. The SMILES string of the molecule is CN=C(NCCCN1CCCCCC1)NCCc1cnn(-c2ccccc2)c1. The van der Waals surface area contributed by atoms with Gasteiger partial charge in [0.2, 0.25) is 0 Å². The van der Waals surface area contributed by atoms with Crippen LogP contribution in [0.3, 0.4) is 0 Å². The molecule has 0 atom stereocenters. The summed E-state index contributed by atoms with van der Waals surface area (Å²) in [5, 5.41) is 11.3. The quantitative estimate of drug-likeness (QED) is 0.419. The van der Waals surface area contributed by atoms with E-state index in [1.165, 1.54) is 50.9 Å². The zero-order valence-electron chi connectivity index (χ0n) is 17.1. The highest BCUT2D eigenvalue weighted by molar-refractivity contribution is 5.79. The molecule has 0 aliphatic carbocycles. The number of aromatic nitrogens is 2. The molecule has 1 fully saturated rings. The van der Waals surface area contributed by atoms with Crippen molar-refractivity contribution in [3.63, 3.8) is 0 Å². The first kappa shape index (κ1) is 20.4. The number of nitrogens with one attached hydrogen (secondary N) is 2. The van der Waals surface area contributed by atoms with E-state index in [4.69, 9.17) is 0 Å². The van der Waals surface area contributed by atoms with E-state index in [-0.39, 0.29) is 0 Å². The normalized spacial score (nSPS) is 16.0. The van der Waals surface area contributed by atoms with Crippen LogP contribution in [-0.4, -0.2) is 60.4 Å². The number of rotatable bonds is 8. The number of aliphatic imine (C=N–C) groups is 1. The molecule has 3 rings (SSSR count). The van der Waals surface area contributed by atoms with E-state index in [1.807, 2.05) is 36.1 Å². The lowest BCUT2D eigenvalue weighted by Crippen LogP contribution is -2.39. The summed E-state index contributed by atoms with van der Waals surface area (Å²) in [5.41, 5.74) is 2.30. The fourth-order valence-corrected chi connectivity index (χ4v) is 3.63. The fraction of sp³-hybridized carbons (Fsp3) is 0.545. The number of likely N-dealkylation sites (tertiary alicyclic amines) is 1. The van der Waals surface area contributed by atoms with Gasteiger partial charge >= 0.3 is 0 Å². The van der Waals surface area contributed by atoms with Crippen LogP contribution < -0.4 is 10.6 Å². The Morgan fingerprint density at radius 2 is 1.79 bits per heavy atom. The van der Waals surface area contributed by atoms with Crippen LogP contribution >= 0.6 is 0 Å². The van der Waals surface area contributed by atoms with Gasteiger partial charge < -0.3 is 15.5 Å². The van der Waals surface area contributed by atoms with E-state index in [2.05, 4.69) is 44.0 Å². The minimum Gasteiger partial charge on any atom is -0.356 e. The van der Waals surface area contributed by atoms with Crippen LogP contribution in [0.2, 0.25) is 0 Å². The number of benzene rings is 1. The Morgan fingerprint density at radius 3 is 2.54 bits per heavy atom. The highest BCUT2D eigenvalue weighted by Gasteiger charge is 2.08. The highest BCUT2D eigenvalue weighted by atomic mass is 15.3. The molecule has 2 N–H and O–H groups in total. The van der Waals surface area contributed by atoms with Crippen LogP contribution in [0.5, 0.6) is 0 Å². The van der Waals surface area contributed by atoms with Crippen molar-refractivity contribution < 1.29 is 0 Å². The minimum absolute atomic E-state index is 0.840. The van der Waals surface area contributed by atoms with Crippen molar-refractivity contribution in [3.8, 4) is 5.69 Å². The molecule has 0 saturated carbocycles. The maximum Gasteiger partial charge on any atom is 0.190 e. The number of hydrogen-bond acceptors (Lipinski definition) is 3. The van der Waals surface area contributed by atoms with Gasteiger partial charge in [0.05, 0.1) is 11.9 Å². The lowest BCUT2D eigenvalue weighted by Gasteiger charge is -2.20. The van der Waals surface area contributed by atoms with Crippen molar-refractivity contribution in [1.29, 1.82) is 0 Å². The van der Waals surface area contributed by atoms with Crippen LogP contribution in [0, 0.1) is 0 Å². The highest BCUT2D eigenvalue weighted by Crippen LogP contribution is 2.09. The Kier molecular flexibility index (Phi) is 8.37. The summed E-state index contributed by atoms with van der Waals surface area (Å²) in [6.07, 6.45) is 11.6. The van der Waals surface area contributed by atoms with Gasteiger partial charge in [-0.15, -0.1) is 0 Å². The molecule has 0 bridgehead atoms. The van der Waals surface area contributed by atoms with E-state index < -0.39 is 0 Å². The number of guanidine groups is 1. The Morgan fingerprint density at radius 1 is 1.04 bits per heavy atom. The maximum absolute atomic E-state index is 4.45. The van der Waals surface area contributed by atoms with Gasteiger partial charge in [-0.2, -0.15) is 5.10 Å². The molecule has 6 heteroatoms. The van der Waals surface area contributed by atoms with Crippen LogP contribution in [0.15, 0.2) is 47.7 Å². The standard InChI is InChI=1S/C22H34N6/c1-23-22(24-13-9-17-27-15-7-2-3-8-16-27)25-14-12-20-18-26-28(19-20)21-10-5-4-6-11-21/h4-6,10-11,18-19H,2-3,7-9,12-17H2,1H3,(H2,23,24,25). The summed E-state index contributed by atoms with van der Waals surface area (Å²) in [6, 6.07) is 10.2. The molecule has 2 heterocycles. The lowest BCUT2D eigenvalue weighted by molar-refractivity contribution is 0.282. The molecule has 1 aliphatic heterocycles. The molecule has 1 aromatic heterocycles. The second-order valence-electron chi connectivity index (χ2n) is 7.41. The second kappa shape index (κ2) is 11.5. The summed E-state index contributed by atoms with van der Waals surface area (Å²) in [4.78, 5) is 6.94. The Balaban J connectivity index is 1.32. The monoisotopic (exact) mass is 382 g/mol.